The molecule has 8 heteroatoms. The van der Waals surface area contributed by atoms with Crippen LogP contribution in [0.2, 0.25) is 0 Å². The van der Waals surface area contributed by atoms with E-state index in [-0.39, 0.29) is 23.8 Å². The lowest BCUT2D eigenvalue weighted by Gasteiger charge is -2.23. The number of rotatable bonds is 6. The summed E-state index contributed by atoms with van der Waals surface area (Å²) in [5.41, 5.74) is 0.939. The van der Waals surface area contributed by atoms with Crippen molar-refractivity contribution in [2.75, 3.05) is 13.1 Å². The first-order valence-corrected chi connectivity index (χ1v) is 10.1. The third-order valence-corrected chi connectivity index (χ3v) is 5.07. The van der Waals surface area contributed by atoms with Crippen LogP contribution in [0.4, 0.5) is 0 Å². The van der Waals surface area contributed by atoms with Gasteiger partial charge in [0.15, 0.2) is 5.82 Å². The minimum Gasteiger partial charge on any atom is -0.346 e. The van der Waals surface area contributed by atoms with E-state index in [4.69, 9.17) is 0 Å². The zero-order valence-electron chi connectivity index (χ0n) is 17.2. The van der Waals surface area contributed by atoms with Crippen molar-refractivity contribution in [2.45, 2.75) is 46.2 Å². The van der Waals surface area contributed by atoms with E-state index in [1.165, 1.54) is 0 Å². The highest BCUT2D eigenvalue weighted by Gasteiger charge is 2.27. The number of hydrogen-bond acceptors (Lipinski definition) is 5. The van der Waals surface area contributed by atoms with Crippen LogP contribution in [0.25, 0.3) is 6.08 Å². The second-order valence-corrected chi connectivity index (χ2v) is 7.46. The highest BCUT2D eigenvalue weighted by atomic mass is 16.2. The van der Waals surface area contributed by atoms with Crippen LogP contribution in [0.1, 0.15) is 50.4 Å². The molecule has 1 aliphatic heterocycles. The Morgan fingerprint density at radius 2 is 1.93 bits per heavy atom. The van der Waals surface area contributed by atoms with E-state index < -0.39 is 0 Å². The van der Waals surface area contributed by atoms with Gasteiger partial charge < -0.3 is 14.8 Å². The zero-order valence-corrected chi connectivity index (χ0v) is 17.2. The molecule has 154 valence electrons. The van der Waals surface area contributed by atoms with Gasteiger partial charge in [-0.3, -0.25) is 14.6 Å². The van der Waals surface area contributed by atoms with Gasteiger partial charge in [0.1, 0.15) is 5.82 Å². The predicted octanol–water partition coefficient (Wildman–Crippen LogP) is 1.99. The van der Waals surface area contributed by atoms with Gasteiger partial charge in [0.25, 0.3) is 0 Å². The van der Waals surface area contributed by atoms with Crippen LogP contribution < -0.4 is 5.32 Å². The van der Waals surface area contributed by atoms with Crippen molar-refractivity contribution in [3.63, 3.8) is 0 Å². The largest absolute Gasteiger partial charge is 0.346 e. The fraction of sp³-hybridized carbons (Fsp3) is 0.476. The maximum atomic E-state index is 12.6. The molecule has 2 amide bonds. The summed E-state index contributed by atoms with van der Waals surface area (Å²) in [7, 11) is 0. The molecule has 29 heavy (non-hydrogen) atoms. The van der Waals surface area contributed by atoms with Gasteiger partial charge >= 0.3 is 0 Å². The maximum absolute atomic E-state index is 12.6. The molecule has 2 aromatic heterocycles. The molecular formula is C21H28N6O2. The van der Waals surface area contributed by atoms with Crippen LogP contribution in [-0.4, -0.2) is 49.6 Å². The lowest BCUT2D eigenvalue weighted by atomic mass is 10.0. The SMILES string of the molecule is CCC(=O)N[C@H](c1nnc2n1CCN(C(=O)/C=C/c1ccncc1)CC2)C(C)C. The first-order valence-electron chi connectivity index (χ1n) is 10.1. The van der Waals surface area contributed by atoms with Gasteiger partial charge in [0.2, 0.25) is 11.8 Å². The molecule has 0 bridgehead atoms. The molecule has 0 fully saturated rings. The van der Waals surface area contributed by atoms with Gasteiger partial charge in [-0.1, -0.05) is 20.8 Å². The van der Waals surface area contributed by atoms with Crippen molar-refractivity contribution in [3.8, 4) is 0 Å². The first kappa shape index (κ1) is 20.7. The smallest absolute Gasteiger partial charge is 0.246 e. The summed E-state index contributed by atoms with van der Waals surface area (Å²) in [6.45, 7) is 7.71. The van der Waals surface area contributed by atoms with E-state index in [1.54, 1.807) is 24.5 Å². The molecule has 1 aliphatic rings. The molecular weight excluding hydrogens is 368 g/mol. The summed E-state index contributed by atoms with van der Waals surface area (Å²) in [6, 6.07) is 3.52. The van der Waals surface area contributed by atoms with Crippen molar-refractivity contribution < 1.29 is 9.59 Å². The minimum absolute atomic E-state index is 0.00674. The van der Waals surface area contributed by atoms with Crippen molar-refractivity contribution in [1.82, 2.24) is 30.0 Å². The number of nitrogens with zero attached hydrogens (tertiary/aromatic N) is 5. The van der Waals surface area contributed by atoms with Crippen molar-refractivity contribution in [1.29, 1.82) is 0 Å². The summed E-state index contributed by atoms with van der Waals surface area (Å²) < 4.78 is 2.06. The Hall–Kier alpha value is -3.03. The number of amides is 2. The number of nitrogens with one attached hydrogen (secondary N) is 1. The van der Waals surface area contributed by atoms with Crippen molar-refractivity contribution >= 4 is 17.9 Å². The lowest BCUT2D eigenvalue weighted by molar-refractivity contribution is -0.126. The molecule has 0 radical (unpaired) electrons. The molecule has 0 saturated heterocycles. The Morgan fingerprint density at radius 1 is 1.17 bits per heavy atom. The van der Waals surface area contributed by atoms with E-state index in [0.29, 0.717) is 32.5 Å². The molecule has 1 N–H and O–H groups in total. The summed E-state index contributed by atoms with van der Waals surface area (Å²) in [6.07, 6.45) is 7.86. The zero-order chi connectivity index (χ0) is 20.8. The van der Waals surface area contributed by atoms with Crippen LogP contribution in [0, 0.1) is 5.92 Å². The van der Waals surface area contributed by atoms with Crippen LogP contribution in [0.15, 0.2) is 30.6 Å². The van der Waals surface area contributed by atoms with E-state index >= 15 is 0 Å². The Labute approximate surface area is 171 Å². The Morgan fingerprint density at radius 3 is 2.62 bits per heavy atom. The number of hydrogen-bond donors (Lipinski definition) is 1. The van der Waals surface area contributed by atoms with Gasteiger partial charge in [-0.15, -0.1) is 10.2 Å². The van der Waals surface area contributed by atoms with Crippen molar-refractivity contribution in [2.24, 2.45) is 5.92 Å². The number of aromatic nitrogens is 4. The molecule has 8 nitrogen and oxygen atoms in total. The minimum atomic E-state index is -0.197. The molecule has 0 aromatic carbocycles. The number of carbonyl (C=O) groups is 2. The average molecular weight is 396 g/mol. The van der Waals surface area contributed by atoms with Gasteiger partial charge in [-0.05, 0) is 29.7 Å². The second-order valence-electron chi connectivity index (χ2n) is 7.46. The Balaban J connectivity index is 1.71. The molecule has 3 rings (SSSR count). The third-order valence-electron chi connectivity index (χ3n) is 5.07. The summed E-state index contributed by atoms with van der Waals surface area (Å²) in [4.78, 5) is 30.4. The first-order chi connectivity index (χ1) is 14.0. The Kier molecular flexibility index (Phi) is 6.74. The van der Waals surface area contributed by atoms with Crippen LogP contribution in [0.3, 0.4) is 0 Å². The van der Waals surface area contributed by atoms with Crippen LogP contribution in [0.5, 0.6) is 0 Å². The monoisotopic (exact) mass is 396 g/mol. The fourth-order valence-corrected chi connectivity index (χ4v) is 3.35. The van der Waals surface area contributed by atoms with E-state index in [0.717, 1.165) is 17.2 Å². The highest BCUT2D eigenvalue weighted by Crippen LogP contribution is 2.22. The molecule has 2 aromatic rings. The van der Waals surface area contributed by atoms with Crippen LogP contribution in [-0.2, 0) is 22.6 Å². The molecule has 3 heterocycles. The summed E-state index contributed by atoms with van der Waals surface area (Å²) >= 11 is 0. The quantitative estimate of drug-likeness (QED) is 0.754. The maximum Gasteiger partial charge on any atom is 0.246 e. The summed E-state index contributed by atoms with van der Waals surface area (Å²) in [5, 5.41) is 11.8. The van der Waals surface area contributed by atoms with Crippen LogP contribution >= 0.6 is 0 Å². The number of fused-ring (bicyclic) bond motifs is 1. The predicted molar refractivity (Wildman–Crippen MR) is 110 cm³/mol. The molecule has 1 atom stereocenters. The second kappa shape index (κ2) is 9.45. The topological polar surface area (TPSA) is 93.0 Å². The van der Waals surface area contributed by atoms with Gasteiger partial charge in [-0.2, -0.15) is 0 Å². The molecule has 0 saturated carbocycles. The number of pyridine rings is 1. The number of carbonyl (C=O) groups excluding carboxylic acids is 2. The van der Waals surface area contributed by atoms with E-state index in [1.807, 2.05) is 24.0 Å². The van der Waals surface area contributed by atoms with Gasteiger partial charge in [0, 0.05) is 50.9 Å². The fourth-order valence-electron chi connectivity index (χ4n) is 3.35. The average Bonchev–Trinajstić information content (AvgIpc) is 3.00. The highest BCUT2D eigenvalue weighted by molar-refractivity contribution is 5.91. The third kappa shape index (κ3) is 5.07. The lowest BCUT2D eigenvalue weighted by Crippen LogP contribution is -2.34. The molecule has 0 spiro atoms. The normalized spacial score (nSPS) is 15.2. The van der Waals surface area contributed by atoms with E-state index in [9.17, 15) is 9.59 Å². The Bertz CT molecular complexity index is 875. The summed E-state index contributed by atoms with van der Waals surface area (Å²) in [5.74, 6) is 1.76. The van der Waals surface area contributed by atoms with Crippen molar-refractivity contribution in [3.05, 3.63) is 47.8 Å². The van der Waals surface area contributed by atoms with Gasteiger partial charge in [0.05, 0.1) is 6.04 Å². The molecule has 0 unspecified atom stereocenters. The van der Waals surface area contributed by atoms with Gasteiger partial charge in [-0.25, -0.2) is 0 Å². The molecule has 0 aliphatic carbocycles. The van der Waals surface area contributed by atoms with E-state index in [2.05, 4.69) is 38.9 Å². The standard InChI is InChI=1S/C21H28N6O2/c1-4-18(28)23-20(15(2)3)21-25-24-17-9-12-26(13-14-27(17)21)19(29)6-5-16-7-10-22-11-8-16/h5-8,10-11,15,20H,4,9,12-14H2,1-3H3,(H,23,28)/b6-5+/t20-/m0/s1.